The van der Waals surface area contributed by atoms with Crippen molar-refractivity contribution in [3.63, 3.8) is 0 Å². The molecule has 0 saturated carbocycles. The van der Waals surface area contributed by atoms with Gasteiger partial charge in [-0.25, -0.2) is 4.98 Å². The summed E-state index contributed by atoms with van der Waals surface area (Å²) in [6.45, 7) is 4.81. The molecular weight excluding hydrogens is 258 g/mol. The first-order valence-corrected chi connectivity index (χ1v) is 6.39. The second-order valence-corrected chi connectivity index (χ2v) is 4.76. The van der Waals surface area contributed by atoms with Crippen LogP contribution >= 0.6 is 0 Å². The lowest BCUT2D eigenvalue weighted by atomic mass is 10.1. The summed E-state index contributed by atoms with van der Waals surface area (Å²) < 4.78 is 1.76. The van der Waals surface area contributed by atoms with E-state index in [0.717, 1.165) is 12.1 Å². The van der Waals surface area contributed by atoms with Crippen molar-refractivity contribution in [1.29, 1.82) is 0 Å². The van der Waals surface area contributed by atoms with Crippen molar-refractivity contribution >= 4 is 5.69 Å². The predicted octanol–water partition coefficient (Wildman–Crippen LogP) is 1.93. The molecule has 0 bridgehead atoms. The molecule has 1 aromatic heterocycles. The van der Waals surface area contributed by atoms with Gasteiger partial charge in [-0.2, -0.15) is 5.10 Å². The van der Waals surface area contributed by atoms with E-state index in [4.69, 9.17) is 0 Å². The number of rotatable bonds is 6. The van der Waals surface area contributed by atoms with Gasteiger partial charge >= 0.3 is 0 Å². The molecule has 0 aliphatic carbocycles. The van der Waals surface area contributed by atoms with Gasteiger partial charge in [-0.3, -0.25) is 14.8 Å². The monoisotopic (exact) mass is 275 g/mol. The number of nitrogens with zero attached hydrogens (tertiary/aromatic N) is 4. The molecule has 0 fully saturated rings. The van der Waals surface area contributed by atoms with Crippen molar-refractivity contribution in [2.75, 3.05) is 0 Å². The van der Waals surface area contributed by atoms with Crippen molar-refractivity contribution in [2.45, 2.75) is 32.5 Å². The Bertz CT molecular complexity index is 553. The smallest absolute Gasteiger partial charge is 0.269 e. The summed E-state index contributed by atoms with van der Waals surface area (Å²) >= 11 is 0. The maximum absolute atomic E-state index is 10.6. The summed E-state index contributed by atoms with van der Waals surface area (Å²) in [7, 11) is 0. The van der Waals surface area contributed by atoms with Gasteiger partial charge in [0.05, 0.1) is 11.5 Å². The molecule has 20 heavy (non-hydrogen) atoms. The van der Waals surface area contributed by atoms with Crippen LogP contribution in [0.5, 0.6) is 0 Å². The Hall–Kier alpha value is -2.28. The van der Waals surface area contributed by atoms with Gasteiger partial charge in [0.15, 0.2) is 0 Å². The van der Waals surface area contributed by atoms with Crippen LogP contribution in [0.25, 0.3) is 0 Å². The highest BCUT2D eigenvalue weighted by atomic mass is 16.6. The van der Waals surface area contributed by atoms with Crippen molar-refractivity contribution < 1.29 is 4.92 Å². The average molecular weight is 275 g/mol. The highest BCUT2D eigenvalue weighted by Gasteiger charge is 2.12. The summed E-state index contributed by atoms with van der Waals surface area (Å²) in [5.41, 5.74) is 1.12. The molecule has 0 saturated heterocycles. The molecule has 0 radical (unpaired) electrons. The van der Waals surface area contributed by atoms with Crippen LogP contribution in [0.15, 0.2) is 36.9 Å². The Morgan fingerprint density at radius 3 is 2.60 bits per heavy atom. The zero-order valence-electron chi connectivity index (χ0n) is 11.4. The van der Waals surface area contributed by atoms with Crippen LogP contribution in [0, 0.1) is 10.1 Å². The molecule has 0 aliphatic rings. The summed E-state index contributed by atoms with van der Waals surface area (Å²) in [5, 5.41) is 18.1. The van der Waals surface area contributed by atoms with Crippen LogP contribution in [-0.2, 0) is 6.54 Å². The zero-order chi connectivity index (χ0) is 14.5. The maximum Gasteiger partial charge on any atom is 0.269 e. The minimum atomic E-state index is -0.394. The molecule has 1 N–H and O–H groups in total. The van der Waals surface area contributed by atoms with Gasteiger partial charge in [-0.05, 0) is 19.4 Å². The maximum atomic E-state index is 10.6. The fourth-order valence-electron chi connectivity index (χ4n) is 2.07. The molecular formula is C13H17N5O2. The Kier molecular flexibility index (Phi) is 4.41. The first-order chi connectivity index (χ1) is 9.56. The second kappa shape index (κ2) is 6.25. The number of hydrogen-bond acceptors (Lipinski definition) is 5. The SMILES string of the molecule is C[C@@H](Cn1cncn1)N[C@H](C)c1ccc([N+](=O)[O-])cc1. The average Bonchev–Trinajstić information content (AvgIpc) is 2.91. The van der Waals surface area contributed by atoms with Crippen LogP contribution in [0.2, 0.25) is 0 Å². The van der Waals surface area contributed by atoms with E-state index in [1.165, 1.54) is 18.5 Å². The van der Waals surface area contributed by atoms with Gasteiger partial charge < -0.3 is 5.32 Å². The van der Waals surface area contributed by atoms with Gasteiger partial charge in [0.1, 0.15) is 12.7 Å². The number of aromatic nitrogens is 3. The molecule has 0 aliphatic heterocycles. The van der Waals surface area contributed by atoms with Crippen LogP contribution in [-0.4, -0.2) is 25.7 Å². The van der Waals surface area contributed by atoms with E-state index < -0.39 is 4.92 Å². The molecule has 1 heterocycles. The number of non-ortho nitro benzene ring substituents is 1. The molecule has 2 rings (SSSR count). The van der Waals surface area contributed by atoms with E-state index in [1.807, 2.05) is 6.92 Å². The van der Waals surface area contributed by atoms with Crippen molar-refractivity contribution in [3.8, 4) is 0 Å². The lowest BCUT2D eigenvalue weighted by molar-refractivity contribution is -0.384. The quantitative estimate of drug-likeness (QED) is 0.643. The Balaban J connectivity index is 1.93. The van der Waals surface area contributed by atoms with Gasteiger partial charge in [-0.1, -0.05) is 12.1 Å². The van der Waals surface area contributed by atoms with E-state index >= 15 is 0 Å². The third kappa shape index (κ3) is 3.61. The summed E-state index contributed by atoms with van der Waals surface area (Å²) in [5.74, 6) is 0. The van der Waals surface area contributed by atoms with E-state index in [2.05, 4.69) is 22.3 Å². The Morgan fingerprint density at radius 1 is 1.35 bits per heavy atom. The minimum Gasteiger partial charge on any atom is -0.306 e. The predicted molar refractivity (Wildman–Crippen MR) is 74.1 cm³/mol. The third-order valence-corrected chi connectivity index (χ3v) is 3.07. The normalized spacial score (nSPS) is 13.9. The number of benzene rings is 1. The van der Waals surface area contributed by atoms with Crippen molar-refractivity contribution in [2.24, 2.45) is 0 Å². The van der Waals surface area contributed by atoms with Crippen LogP contribution in [0.1, 0.15) is 25.5 Å². The van der Waals surface area contributed by atoms with Crippen LogP contribution in [0.4, 0.5) is 5.69 Å². The number of hydrogen-bond donors (Lipinski definition) is 1. The molecule has 2 aromatic rings. The Labute approximate surface area is 116 Å². The van der Waals surface area contributed by atoms with E-state index in [0.29, 0.717) is 0 Å². The number of nitrogens with one attached hydrogen (secondary N) is 1. The third-order valence-electron chi connectivity index (χ3n) is 3.07. The Morgan fingerprint density at radius 2 is 2.05 bits per heavy atom. The molecule has 0 unspecified atom stereocenters. The largest absolute Gasteiger partial charge is 0.306 e. The highest BCUT2D eigenvalue weighted by molar-refractivity contribution is 5.34. The van der Waals surface area contributed by atoms with Crippen LogP contribution < -0.4 is 5.32 Å². The minimum absolute atomic E-state index is 0.106. The first kappa shape index (κ1) is 14.1. The van der Waals surface area contributed by atoms with Crippen molar-refractivity contribution in [3.05, 3.63) is 52.6 Å². The van der Waals surface area contributed by atoms with E-state index in [9.17, 15) is 10.1 Å². The molecule has 2 atom stereocenters. The van der Waals surface area contributed by atoms with E-state index in [1.54, 1.807) is 23.1 Å². The zero-order valence-corrected chi connectivity index (χ0v) is 11.4. The first-order valence-electron chi connectivity index (χ1n) is 6.39. The summed E-state index contributed by atoms with van der Waals surface area (Å²) in [6, 6.07) is 6.91. The number of nitro benzene ring substituents is 1. The molecule has 7 heteroatoms. The van der Waals surface area contributed by atoms with Crippen LogP contribution in [0.3, 0.4) is 0 Å². The number of nitro groups is 1. The fourth-order valence-corrected chi connectivity index (χ4v) is 2.07. The highest BCUT2D eigenvalue weighted by Crippen LogP contribution is 2.17. The summed E-state index contributed by atoms with van der Waals surface area (Å²) in [4.78, 5) is 14.1. The molecule has 7 nitrogen and oxygen atoms in total. The fraction of sp³-hybridized carbons (Fsp3) is 0.385. The molecule has 1 aromatic carbocycles. The molecule has 0 amide bonds. The van der Waals surface area contributed by atoms with Gasteiger partial charge in [0.25, 0.3) is 5.69 Å². The van der Waals surface area contributed by atoms with Gasteiger partial charge in [0.2, 0.25) is 0 Å². The van der Waals surface area contributed by atoms with Gasteiger partial charge in [-0.15, -0.1) is 0 Å². The standard InChI is InChI=1S/C13H17N5O2/c1-10(7-17-9-14-8-15-17)16-11(2)12-3-5-13(6-4-12)18(19)20/h3-6,8-11,16H,7H2,1-2H3/t10-,11+/m0/s1. The van der Waals surface area contributed by atoms with E-state index in [-0.39, 0.29) is 17.8 Å². The van der Waals surface area contributed by atoms with Gasteiger partial charge in [0, 0.05) is 24.2 Å². The molecule has 0 spiro atoms. The lowest BCUT2D eigenvalue weighted by Crippen LogP contribution is -2.32. The lowest BCUT2D eigenvalue weighted by Gasteiger charge is -2.20. The topological polar surface area (TPSA) is 85.9 Å². The summed E-state index contributed by atoms with van der Waals surface area (Å²) in [6.07, 6.45) is 3.18. The second-order valence-electron chi connectivity index (χ2n) is 4.76. The molecule has 106 valence electrons. The van der Waals surface area contributed by atoms with Crippen molar-refractivity contribution in [1.82, 2.24) is 20.1 Å².